The molecule has 0 aromatic heterocycles. The minimum absolute atomic E-state index is 0.356. The first-order chi connectivity index (χ1) is 6.61. The third kappa shape index (κ3) is 2.25. The Labute approximate surface area is 84.5 Å². The summed E-state index contributed by atoms with van der Waals surface area (Å²) < 4.78 is 0. The van der Waals surface area contributed by atoms with E-state index in [0.29, 0.717) is 19.5 Å². The van der Waals surface area contributed by atoms with Gasteiger partial charge in [-0.05, 0) is 12.8 Å². The van der Waals surface area contributed by atoms with E-state index < -0.39 is 11.7 Å². The number of hydrogen-bond donors (Lipinski definition) is 2. The molecule has 1 aliphatic heterocycles. The molecule has 0 amide bonds. The summed E-state index contributed by atoms with van der Waals surface area (Å²) in [5.41, 5.74) is -1.59. The Bertz CT molecular complexity index is 208. The van der Waals surface area contributed by atoms with Crippen LogP contribution in [-0.4, -0.2) is 39.9 Å². The van der Waals surface area contributed by atoms with E-state index >= 15 is 0 Å². The van der Waals surface area contributed by atoms with Crippen molar-refractivity contribution in [1.82, 2.24) is 4.90 Å². The number of unbranched alkanes of at least 4 members (excludes halogenated alkanes) is 2. The Balaban J connectivity index is 2.46. The summed E-state index contributed by atoms with van der Waals surface area (Å²) in [6.07, 6.45) is 4.29. The molecule has 0 aromatic rings. The second-order valence-corrected chi connectivity index (χ2v) is 3.92. The first-order valence-corrected chi connectivity index (χ1v) is 5.32. The lowest BCUT2D eigenvalue weighted by Crippen LogP contribution is -2.50. The van der Waals surface area contributed by atoms with Crippen LogP contribution >= 0.6 is 0 Å². The monoisotopic (exact) mass is 201 g/mol. The molecule has 0 bridgehead atoms. The van der Waals surface area contributed by atoms with Gasteiger partial charge >= 0.3 is 5.97 Å². The Morgan fingerprint density at radius 1 is 1.50 bits per heavy atom. The fourth-order valence-electron chi connectivity index (χ4n) is 1.95. The lowest BCUT2D eigenvalue weighted by atomic mass is 10.1. The molecule has 0 spiro atoms. The predicted molar refractivity (Wildman–Crippen MR) is 52.9 cm³/mol. The Morgan fingerprint density at radius 3 is 2.79 bits per heavy atom. The molecule has 4 heteroatoms. The van der Waals surface area contributed by atoms with E-state index in [1.807, 2.05) is 0 Å². The van der Waals surface area contributed by atoms with Crippen LogP contribution < -0.4 is 0 Å². The largest absolute Gasteiger partial charge is 0.478 e. The molecule has 1 fully saturated rings. The molecule has 0 aromatic carbocycles. The molecule has 0 radical (unpaired) electrons. The van der Waals surface area contributed by atoms with Crippen molar-refractivity contribution in [3.8, 4) is 0 Å². The van der Waals surface area contributed by atoms with Gasteiger partial charge in [0.25, 0.3) is 0 Å². The van der Waals surface area contributed by atoms with Gasteiger partial charge in [0.1, 0.15) is 0 Å². The molecule has 1 atom stereocenters. The van der Waals surface area contributed by atoms with E-state index in [1.54, 1.807) is 4.90 Å². The third-order valence-electron chi connectivity index (χ3n) is 2.85. The summed E-state index contributed by atoms with van der Waals surface area (Å²) >= 11 is 0. The van der Waals surface area contributed by atoms with Gasteiger partial charge in [-0.3, -0.25) is 4.90 Å². The highest BCUT2D eigenvalue weighted by Crippen LogP contribution is 2.27. The van der Waals surface area contributed by atoms with Crippen LogP contribution in [0.15, 0.2) is 0 Å². The average Bonchev–Trinajstić information content (AvgIpc) is 2.50. The zero-order chi connectivity index (χ0) is 10.6. The summed E-state index contributed by atoms with van der Waals surface area (Å²) in [5.74, 6) is -1.11. The van der Waals surface area contributed by atoms with E-state index in [9.17, 15) is 9.90 Å². The SMILES string of the molecule is CCCCCN1CCC[C@@]1(O)C(=O)O. The quantitative estimate of drug-likeness (QED) is 0.653. The fourth-order valence-corrected chi connectivity index (χ4v) is 1.95. The van der Waals surface area contributed by atoms with Gasteiger partial charge in [-0.25, -0.2) is 4.79 Å². The van der Waals surface area contributed by atoms with Crippen LogP contribution in [0.4, 0.5) is 0 Å². The van der Waals surface area contributed by atoms with Gasteiger partial charge in [-0.1, -0.05) is 19.8 Å². The van der Waals surface area contributed by atoms with Crippen LogP contribution in [0.2, 0.25) is 0 Å². The van der Waals surface area contributed by atoms with E-state index in [-0.39, 0.29) is 0 Å². The van der Waals surface area contributed by atoms with E-state index in [0.717, 1.165) is 25.7 Å². The second kappa shape index (κ2) is 4.75. The van der Waals surface area contributed by atoms with Crippen LogP contribution in [0, 0.1) is 0 Å². The fraction of sp³-hybridized carbons (Fsp3) is 0.900. The van der Waals surface area contributed by atoms with E-state index in [1.165, 1.54) is 0 Å². The highest BCUT2D eigenvalue weighted by Gasteiger charge is 2.45. The molecular formula is C10H19NO3. The first kappa shape index (κ1) is 11.5. The molecular weight excluding hydrogens is 182 g/mol. The summed E-state index contributed by atoms with van der Waals surface area (Å²) in [5, 5.41) is 18.8. The van der Waals surface area contributed by atoms with Gasteiger partial charge in [0.05, 0.1) is 0 Å². The summed E-state index contributed by atoms with van der Waals surface area (Å²) in [6, 6.07) is 0. The van der Waals surface area contributed by atoms with Crippen LogP contribution in [0.5, 0.6) is 0 Å². The van der Waals surface area contributed by atoms with Crippen molar-refractivity contribution in [3.05, 3.63) is 0 Å². The molecule has 1 rings (SSSR count). The zero-order valence-electron chi connectivity index (χ0n) is 8.70. The minimum Gasteiger partial charge on any atom is -0.478 e. The van der Waals surface area contributed by atoms with Crippen molar-refractivity contribution in [2.45, 2.75) is 44.8 Å². The van der Waals surface area contributed by atoms with Crippen molar-refractivity contribution in [1.29, 1.82) is 0 Å². The normalized spacial score (nSPS) is 28.1. The van der Waals surface area contributed by atoms with Crippen molar-refractivity contribution in [2.75, 3.05) is 13.1 Å². The number of hydrogen-bond acceptors (Lipinski definition) is 3. The topological polar surface area (TPSA) is 60.8 Å². The number of aliphatic hydroxyl groups is 1. The van der Waals surface area contributed by atoms with Gasteiger partial charge in [0, 0.05) is 19.5 Å². The lowest BCUT2D eigenvalue weighted by Gasteiger charge is -2.29. The van der Waals surface area contributed by atoms with Gasteiger partial charge in [0.2, 0.25) is 5.72 Å². The Kier molecular flexibility index (Phi) is 3.89. The standard InChI is InChI=1S/C10H19NO3/c1-2-3-4-7-11-8-5-6-10(11,14)9(12)13/h14H,2-8H2,1H3,(H,12,13)/t10-/m1/s1. The van der Waals surface area contributed by atoms with Gasteiger partial charge in [-0.2, -0.15) is 0 Å². The molecule has 4 nitrogen and oxygen atoms in total. The predicted octanol–water partition coefficient (Wildman–Crippen LogP) is 1.05. The highest BCUT2D eigenvalue weighted by molar-refractivity contribution is 5.76. The first-order valence-electron chi connectivity index (χ1n) is 5.32. The number of carboxylic acid groups (broad SMARTS) is 1. The number of nitrogens with zero attached hydrogens (tertiary/aromatic N) is 1. The van der Waals surface area contributed by atoms with Gasteiger partial charge < -0.3 is 10.2 Å². The molecule has 82 valence electrons. The lowest BCUT2D eigenvalue weighted by molar-refractivity contribution is -0.176. The Hall–Kier alpha value is -0.610. The molecule has 2 N–H and O–H groups in total. The molecule has 0 unspecified atom stereocenters. The number of carbonyl (C=O) groups is 1. The number of aliphatic carboxylic acids is 1. The molecule has 0 aliphatic carbocycles. The maximum absolute atomic E-state index is 10.9. The van der Waals surface area contributed by atoms with Crippen LogP contribution in [0.3, 0.4) is 0 Å². The molecule has 14 heavy (non-hydrogen) atoms. The third-order valence-corrected chi connectivity index (χ3v) is 2.85. The Morgan fingerprint density at radius 2 is 2.21 bits per heavy atom. The zero-order valence-corrected chi connectivity index (χ0v) is 8.70. The highest BCUT2D eigenvalue weighted by atomic mass is 16.4. The van der Waals surface area contributed by atoms with Crippen molar-refractivity contribution in [2.24, 2.45) is 0 Å². The molecule has 1 heterocycles. The van der Waals surface area contributed by atoms with Gasteiger partial charge in [-0.15, -0.1) is 0 Å². The van der Waals surface area contributed by atoms with E-state index in [4.69, 9.17) is 5.11 Å². The average molecular weight is 201 g/mol. The van der Waals surface area contributed by atoms with Crippen LogP contribution in [0.1, 0.15) is 39.0 Å². The number of carboxylic acids is 1. The van der Waals surface area contributed by atoms with Gasteiger partial charge in [0.15, 0.2) is 0 Å². The van der Waals surface area contributed by atoms with Crippen LogP contribution in [-0.2, 0) is 4.79 Å². The number of rotatable bonds is 5. The smallest absolute Gasteiger partial charge is 0.351 e. The maximum atomic E-state index is 10.9. The second-order valence-electron chi connectivity index (χ2n) is 3.92. The summed E-state index contributed by atoms with van der Waals surface area (Å²) in [7, 11) is 0. The van der Waals surface area contributed by atoms with Crippen molar-refractivity contribution < 1.29 is 15.0 Å². The summed E-state index contributed by atoms with van der Waals surface area (Å²) in [4.78, 5) is 12.6. The molecule has 1 saturated heterocycles. The maximum Gasteiger partial charge on any atom is 0.351 e. The molecule has 1 aliphatic rings. The van der Waals surface area contributed by atoms with Crippen molar-refractivity contribution in [3.63, 3.8) is 0 Å². The molecule has 0 saturated carbocycles. The summed E-state index contributed by atoms with van der Waals surface area (Å²) in [6.45, 7) is 3.50. The van der Waals surface area contributed by atoms with Crippen molar-refractivity contribution >= 4 is 5.97 Å². The van der Waals surface area contributed by atoms with Crippen LogP contribution in [0.25, 0.3) is 0 Å². The number of likely N-dealkylation sites (tertiary alicyclic amines) is 1. The van der Waals surface area contributed by atoms with E-state index in [2.05, 4.69) is 6.92 Å². The minimum atomic E-state index is -1.59.